The SMILES string of the molecule is C[C@@H](N[C@]1(C#N)CCCC[C@H]1NC(=O)c1ccccc1)c1ccccc1. The van der Waals surface area contributed by atoms with Gasteiger partial charge in [-0.3, -0.25) is 10.1 Å². The fourth-order valence-electron chi connectivity index (χ4n) is 3.75. The van der Waals surface area contributed by atoms with Gasteiger partial charge in [-0.25, -0.2) is 0 Å². The molecule has 0 heterocycles. The largest absolute Gasteiger partial charge is 0.346 e. The van der Waals surface area contributed by atoms with Gasteiger partial charge in [0.15, 0.2) is 0 Å². The van der Waals surface area contributed by atoms with Crippen LogP contribution in [0, 0.1) is 11.3 Å². The molecule has 2 N–H and O–H groups in total. The molecule has 0 unspecified atom stereocenters. The zero-order valence-electron chi connectivity index (χ0n) is 15.1. The molecule has 0 radical (unpaired) electrons. The van der Waals surface area contributed by atoms with Crippen molar-refractivity contribution < 1.29 is 4.79 Å². The van der Waals surface area contributed by atoms with Crippen molar-refractivity contribution >= 4 is 5.91 Å². The summed E-state index contributed by atoms with van der Waals surface area (Å²) < 4.78 is 0. The first-order valence-electron chi connectivity index (χ1n) is 9.24. The molecule has 134 valence electrons. The van der Waals surface area contributed by atoms with Gasteiger partial charge in [-0.2, -0.15) is 5.26 Å². The standard InChI is InChI=1S/C22H25N3O/c1-17(18-10-4-2-5-11-18)25-22(16-23)15-9-8-14-20(22)24-21(26)19-12-6-3-7-13-19/h2-7,10-13,17,20,25H,8-9,14-15H2,1H3,(H,24,26)/t17-,20-,22+/m1/s1. The lowest BCUT2D eigenvalue weighted by Crippen LogP contribution is -2.62. The van der Waals surface area contributed by atoms with E-state index in [-0.39, 0.29) is 18.0 Å². The molecule has 0 aromatic heterocycles. The monoisotopic (exact) mass is 347 g/mol. The topological polar surface area (TPSA) is 64.9 Å². The summed E-state index contributed by atoms with van der Waals surface area (Å²) >= 11 is 0. The van der Waals surface area contributed by atoms with Gasteiger partial charge in [-0.1, -0.05) is 61.4 Å². The number of hydrogen-bond donors (Lipinski definition) is 2. The van der Waals surface area contributed by atoms with Crippen LogP contribution in [0.1, 0.15) is 54.6 Å². The lowest BCUT2D eigenvalue weighted by Gasteiger charge is -2.41. The van der Waals surface area contributed by atoms with Gasteiger partial charge in [0.05, 0.1) is 12.1 Å². The predicted molar refractivity (Wildman–Crippen MR) is 103 cm³/mol. The number of nitrogens with one attached hydrogen (secondary N) is 2. The molecule has 1 saturated carbocycles. The summed E-state index contributed by atoms with van der Waals surface area (Å²) in [5.74, 6) is -0.119. The number of rotatable bonds is 5. The zero-order valence-corrected chi connectivity index (χ0v) is 15.1. The number of nitrogens with zero attached hydrogens (tertiary/aromatic N) is 1. The maximum Gasteiger partial charge on any atom is 0.251 e. The van der Waals surface area contributed by atoms with Gasteiger partial charge in [0.25, 0.3) is 5.91 Å². The maximum absolute atomic E-state index is 12.6. The van der Waals surface area contributed by atoms with Crippen molar-refractivity contribution in [2.75, 3.05) is 0 Å². The minimum Gasteiger partial charge on any atom is -0.346 e. The van der Waals surface area contributed by atoms with Gasteiger partial charge in [0.1, 0.15) is 5.54 Å². The summed E-state index contributed by atoms with van der Waals surface area (Å²) in [6.45, 7) is 2.07. The molecular weight excluding hydrogens is 322 g/mol. The summed E-state index contributed by atoms with van der Waals surface area (Å²) in [4.78, 5) is 12.6. The van der Waals surface area contributed by atoms with Crippen LogP contribution in [-0.4, -0.2) is 17.5 Å². The third-order valence-corrected chi connectivity index (χ3v) is 5.22. The summed E-state index contributed by atoms with van der Waals surface area (Å²) in [5, 5.41) is 16.7. The van der Waals surface area contributed by atoms with Crippen molar-refractivity contribution in [2.24, 2.45) is 0 Å². The third kappa shape index (κ3) is 3.95. The van der Waals surface area contributed by atoms with E-state index in [1.807, 2.05) is 36.4 Å². The summed E-state index contributed by atoms with van der Waals surface area (Å²) in [7, 11) is 0. The van der Waals surface area contributed by atoms with Crippen LogP contribution in [0.2, 0.25) is 0 Å². The van der Waals surface area contributed by atoms with E-state index in [0.717, 1.165) is 31.2 Å². The molecule has 0 saturated heterocycles. The summed E-state index contributed by atoms with van der Waals surface area (Å²) in [6.07, 6.45) is 3.55. The average molecular weight is 347 g/mol. The smallest absolute Gasteiger partial charge is 0.251 e. The molecule has 1 fully saturated rings. The number of carbonyl (C=O) groups is 1. The second-order valence-corrected chi connectivity index (χ2v) is 7.00. The Labute approximate surface area is 155 Å². The lowest BCUT2D eigenvalue weighted by atomic mass is 9.77. The minimum absolute atomic E-state index is 0.0325. The molecule has 3 atom stereocenters. The Balaban J connectivity index is 1.79. The number of amides is 1. The minimum atomic E-state index is -0.752. The summed E-state index contributed by atoms with van der Waals surface area (Å²) in [6, 6.07) is 21.6. The van der Waals surface area contributed by atoms with E-state index in [2.05, 4.69) is 35.8 Å². The van der Waals surface area contributed by atoms with Crippen molar-refractivity contribution in [3.8, 4) is 6.07 Å². The number of nitriles is 1. The Kier molecular flexibility index (Phi) is 5.70. The highest BCUT2D eigenvalue weighted by Gasteiger charge is 2.43. The Hall–Kier alpha value is -2.64. The maximum atomic E-state index is 12.6. The fraction of sp³-hybridized carbons (Fsp3) is 0.364. The van der Waals surface area contributed by atoms with Crippen molar-refractivity contribution in [1.29, 1.82) is 5.26 Å². The zero-order chi connectivity index (χ0) is 18.4. The van der Waals surface area contributed by atoms with Crippen LogP contribution in [0.25, 0.3) is 0 Å². The molecule has 4 heteroatoms. The first-order chi connectivity index (χ1) is 12.6. The third-order valence-electron chi connectivity index (χ3n) is 5.22. The predicted octanol–water partition coefficient (Wildman–Crippen LogP) is 3.97. The Morgan fingerprint density at radius 1 is 1.12 bits per heavy atom. The van der Waals surface area contributed by atoms with E-state index in [4.69, 9.17) is 0 Å². The van der Waals surface area contributed by atoms with Crippen molar-refractivity contribution in [1.82, 2.24) is 10.6 Å². The highest BCUT2D eigenvalue weighted by Crippen LogP contribution is 2.31. The van der Waals surface area contributed by atoms with E-state index >= 15 is 0 Å². The van der Waals surface area contributed by atoms with Crippen molar-refractivity contribution in [3.63, 3.8) is 0 Å². The molecule has 1 aliphatic rings. The normalized spacial score (nSPS) is 23.6. The van der Waals surface area contributed by atoms with E-state index in [0.29, 0.717) is 5.56 Å². The number of hydrogen-bond acceptors (Lipinski definition) is 3. The quantitative estimate of drug-likeness (QED) is 0.860. The second kappa shape index (κ2) is 8.16. The number of benzene rings is 2. The molecule has 0 aliphatic heterocycles. The van der Waals surface area contributed by atoms with Crippen LogP contribution in [0.3, 0.4) is 0 Å². The molecule has 1 aliphatic carbocycles. The fourth-order valence-corrected chi connectivity index (χ4v) is 3.75. The van der Waals surface area contributed by atoms with Crippen LogP contribution in [0.5, 0.6) is 0 Å². The Morgan fingerprint density at radius 2 is 1.77 bits per heavy atom. The Morgan fingerprint density at radius 3 is 2.42 bits per heavy atom. The van der Waals surface area contributed by atoms with Crippen molar-refractivity contribution in [3.05, 3.63) is 71.8 Å². The molecule has 0 spiro atoms. The van der Waals surface area contributed by atoms with Crippen molar-refractivity contribution in [2.45, 2.75) is 50.2 Å². The van der Waals surface area contributed by atoms with Gasteiger partial charge < -0.3 is 5.32 Å². The second-order valence-electron chi connectivity index (χ2n) is 7.00. The molecule has 2 aromatic rings. The molecule has 2 aromatic carbocycles. The van der Waals surface area contributed by atoms with E-state index in [1.165, 1.54) is 0 Å². The van der Waals surface area contributed by atoms with Crippen LogP contribution >= 0.6 is 0 Å². The van der Waals surface area contributed by atoms with Crippen LogP contribution in [0.15, 0.2) is 60.7 Å². The van der Waals surface area contributed by atoms with Gasteiger partial charge in [-0.05, 0) is 37.5 Å². The van der Waals surface area contributed by atoms with E-state index in [9.17, 15) is 10.1 Å². The lowest BCUT2D eigenvalue weighted by molar-refractivity contribution is 0.0890. The number of carbonyl (C=O) groups excluding carboxylic acids is 1. The molecule has 26 heavy (non-hydrogen) atoms. The Bertz CT molecular complexity index is 769. The molecule has 4 nitrogen and oxygen atoms in total. The summed E-state index contributed by atoms with van der Waals surface area (Å²) in [5.41, 5.74) is 1.01. The first kappa shape index (κ1) is 18.2. The van der Waals surface area contributed by atoms with Crippen LogP contribution in [0.4, 0.5) is 0 Å². The van der Waals surface area contributed by atoms with Gasteiger partial charge in [0.2, 0.25) is 0 Å². The molecular formula is C22H25N3O. The van der Waals surface area contributed by atoms with E-state index < -0.39 is 5.54 Å². The average Bonchev–Trinajstić information content (AvgIpc) is 2.70. The highest BCUT2D eigenvalue weighted by molar-refractivity contribution is 5.94. The highest BCUT2D eigenvalue weighted by atomic mass is 16.1. The van der Waals surface area contributed by atoms with Gasteiger partial charge >= 0.3 is 0 Å². The molecule has 0 bridgehead atoms. The molecule has 3 rings (SSSR count). The van der Waals surface area contributed by atoms with Crippen LogP contribution in [-0.2, 0) is 0 Å². The van der Waals surface area contributed by atoms with Crippen LogP contribution < -0.4 is 10.6 Å². The van der Waals surface area contributed by atoms with Gasteiger partial charge in [0, 0.05) is 11.6 Å². The first-order valence-corrected chi connectivity index (χ1v) is 9.24. The van der Waals surface area contributed by atoms with E-state index in [1.54, 1.807) is 12.1 Å². The van der Waals surface area contributed by atoms with Gasteiger partial charge in [-0.15, -0.1) is 0 Å². The molecule has 1 amide bonds.